The van der Waals surface area contributed by atoms with Gasteiger partial charge in [-0.25, -0.2) is 4.39 Å². The smallest absolute Gasteiger partial charge is 0.131 e. The number of halogens is 2. The Morgan fingerprint density at radius 2 is 1.95 bits per heavy atom. The van der Waals surface area contributed by atoms with Crippen LogP contribution in [0.3, 0.4) is 0 Å². The molecule has 0 amide bonds. The molecule has 2 aromatic rings. The van der Waals surface area contributed by atoms with E-state index in [1.165, 1.54) is 6.07 Å². The summed E-state index contributed by atoms with van der Waals surface area (Å²) in [4.78, 5) is 0. The van der Waals surface area contributed by atoms with Crippen molar-refractivity contribution in [1.29, 1.82) is 0 Å². The largest absolute Gasteiger partial charge is 0.488 e. The maximum absolute atomic E-state index is 13.7. The average molecular weight is 295 g/mol. The van der Waals surface area contributed by atoms with Crippen molar-refractivity contribution in [2.45, 2.75) is 27.1 Å². The van der Waals surface area contributed by atoms with Crippen LogP contribution in [0.1, 0.15) is 22.3 Å². The fourth-order valence-electron chi connectivity index (χ4n) is 1.99. The molecule has 0 aliphatic heterocycles. The van der Waals surface area contributed by atoms with E-state index >= 15 is 0 Å². The van der Waals surface area contributed by atoms with Gasteiger partial charge in [-0.05, 0) is 37.1 Å². The van der Waals surface area contributed by atoms with E-state index in [2.05, 4.69) is 0 Å². The van der Waals surface area contributed by atoms with E-state index < -0.39 is 5.82 Å². The number of aliphatic hydroxyl groups excluding tert-OH is 1. The number of aryl methyl sites for hydroxylation is 1. The standard InChI is InChI=1S/C16H16ClFO2/c1-10-6-7-12(8-19)16(11(10)2)20-9-13-14(17)4-3-5-15(13)18/h3-7,19H,8-9H2,1-2H3. The van der Waals surface area contributed by atoms with Gasteiger partial charge in [0.2, 0.25) is 0 Å². The molecular weight excluding hydrogens is 279 g/mol. The van der Waals surface area contributed by atoms with Gasteiger partial charge in [0.05, 0.1) is 11.6 Å². The quantitative estimate of drug-likeness (QED) is 0.917. The van der Waals surface area contributed by atoms with E-state index in [0.717, 1.165) is 11.1 Å². The minimum Gasteiger partial charge on any atom is -0.488 e. The van der Waals surface area contributed by atoms with Crippen LogP contribution in [-0.2, 0) is 13.2 Å². The summed E-state index contributed by atoms with van der Waals surface area (Å²) < 4.78 is 19.4. The van der Waals surface area contributed by atoms with Crippen molar-refractivity contribution >= 4 is 11.6 Å². The van der Waals surface area contributed by atoms with Crippen LogP contribution in [0.4, 0.5) is 4.39 Å². The molecule has 2 aromatic carbocycles. The SMILES string of the molecule is Cc1ccc(CO)c(OCc2c(F)cccc2Cl)c1C. The molecule has 4 heteroatoms. The lowest BCUT2D eigenvalue weighted by molar-refractivity contribution is 0.256. The van der Waals surface area contributed by atoms with Crippen LogP contribution in [0, 0.1) is 19.7 Å². The molecule has 2 rings (SSSR count). The number of hydrogen-bond acceptors (Lipinski definition) is 2. The maximum Gasteiger partial charge on any atom is 0.131 e. The van der Waals surface area contributed by atoms with E-state index in [9.17, 15) is 9.50 Å². The third-order valence-corrected chi connectivity index (χ3v) is 3.71. The summed E-state index contributed by atoms with van der Waals surface area (Å²) in [5, 5.41) is 9.69. The lowest BCUT2D eigenvalue weighted by atomic mass is 10.0. The highest BCUT2D eigenvalue weighted by Gasteiger charge is 2.12. The average Bonchev–Trinajstić information content (AvgIpc) is 2.42. The lowest BCUT2D eigenvalue weighted by Crippen LogP contribution is -2.04. The molecule has 0 heterocycles. The molecule has 0 bridgehead atoms. The lowest BCUT2D eigenvalue weighted by Gasteiger charge is -2.15. The van der Waals surface area contributed by atoms with Crippen LogP contribution >= 0.6 is 11.6 Å². The Balaban J connectivity index is 2.29. The summed E-state index contributed by atoms with van der Waals surface area (Å²) >= 11 is 5.97. The maximum atomic E-state index is 13.7. The molecule has 106 valence electrons. The van der Waals surface area contributed by atoms with Crippen molar-refractivity contribution in [2.75, 3.05) is 0 Å². The Kier molecular flexibility index (Phi) is 4.63. The topological polar surface area (TPSA) is 29.5 Å². The Morgan fingerprint density at radius 3 is 2.60 bits per heavy atom. The Hall–Kier alpha value is -1.58. The van der Waals surface area contributed by atoms with Gasteiger partial charge in [-0.2, -0.15) is 0 Å². The van der Waals surface area contributed by atoms with Crippen molar-refractivity contribution < 1.29 is 14.2 Å². The van der Waals surface area contributed by atoms with Gasteiger partial charge in [-0.15, -0.1) is 0 Å². The predicted molar refractivity (Wildman–Crippen MR) is 77.6 cm³/mol. The molecule has 1 N–H and O–H groups in total. The molecule has 0 saturated heterocycles. The van der Waals surface area contributed by atoms with Crippen LogP contribution in [0.2, 0.25) is 5.02 Å². The summed E-state index contributed by atoms with van der Waals surface area (Å²) in [6.45, 7) is 3.77. The predicted octanol–water partition coefficient (Wildman–Crippen LogP) is 4.17. The molecule has 0 fully saturated rings. The third-order valence-electron chi connectivity index (χ3n) is 3.35. The van der Waals surface area contributed by atoms with E-state index in [1.54, 1.807) is 18.2 Å². The second-order valence-corrected chi connectivity index (χ2v) is 5.05. The van der Waals surface area contributed by atoms with Crippen molar-refractivity contribution in [1.82, 2.24) is 0 Å². The zero-order valence-corrected chi connectivity index (χ0v) is 12.2. The van der Waals surface area contributed by atoms with Crippen molar-refractivity contribution in [3.63, 3.8) is 0 Å². The summed E-state index contributed by atoms with van der Waals surface area (Å²) in [6.07, 6.45) is 0. The zero-order valence-electron chi connectivity index (χ0n) is 11.4. The van der Waals surface area contributed by atoms with Gasteiger partial charge in [0.15, 0.2) is 0 Å². The minimum absolute atomic E-state index is 0.0306. The van der Waals surface area contributed by atoms with E-state index in [-0.39, 0.29) is 13.2 Å². The molecular formula is C16H16ClFO2. The number of rotatable bonds is 4. The van der Waals surface area contributed by atoms with Crippen LogP contribution in [-0.4, -0.2) is 5.11 Å². The molecule has 20 heavy (non-hydrogen) atoms. The second kappa shape index (κ2) is 6.25. The molecule has 0 atom stereocenters. The molecule has 0 aliphatic carbocycles. The van der Waals surface area contributed by atoms with Crippen molar-refractivity contribution in [3.8, 4) is 5.75 Å². The first-order chi connectivity index (χ1) is 9.54. The summed E-state index contributed by atoms with van der Waals surface area (Å²) in [5.41, 5.74) is 2.99. The van der Waals surface area contributed by atoms with E-state index in [0.29, 0.717) is 21.9 Å². The zero-order chi connectivity index (χ0) is 14.7. The molecule has 0 saturated carbocycles. The van der Waals surface area contributed by atoms with Gasteiger partial charge in [0.1, 0.15) is 18.2 Å². The monoisotopic (exact) mass is 294 g/mol. The van der Waals surface area contributed by atoms with Gasteiger partial charge in [-0.1, -0.05) is 29.8 Å². The number of aliphatic hydroxyl groups is 1. The number of hydrogen-bond donors (Lipinski definition) is 1. The van der Waals surface area contributed by atoms with Gasteiger partial charge in [-0.3, -0.25) is 0 Å². The number of ether oxygens (including phenoxy) is 1. The normalized spacial score (nSPS) is 10.7. The molecule has 0 spiro atoms. The van der Waals surface area contributed by atoms with Crippen molar-refractivity contribution in [2.24, 2.45) is 0 Å². The van der Waals surface area contributed by atoms with Gasteiger partial charge >= 0.3 is 0 Å². The summed E-state index contributed by atoms with van der Waals surface area (Å²) in [5.74, 6) is 0.195. The first-order valence-corrected chi connectivity index (χ1v) is 6.68. The van der Waals surface area contributed by atoms with Gasteiger partial charge in [0.25, 0.3) is 0 Å². The summed E-state index contributed by atoms with van der Waals surface area (Å²) in [6, 6.07) is 8.25. The van der Waals surface area contributed by atoms with Crippen LogP contribution in [0.25, 0.3) is 0 Å². The first-order valence-electron chi connectivity index (χ1n) is 6.30. The van der Waals surface area contributed by atoms with Crippen LogP contribution < -0.4 is 4.74 Å². The van der Waals surface area contributed by atoms with Crippen LogP contribution in [0.5, 0.6) is 5.75 Å². The Labute approximate surface area is 122 Å². The highest BCUT2D eigenvalue weighted by Crippen LogP contribution is 2.29. The van der Waals surface area contributed by atoms with Crippen LogP contribution in [0.15, 0.2) is 30.3 Å². The highest BCUT2D eigenvalue weighted by molar-refractivity contribution is 6.31. The van der Waals surface area contributed by atoms with E-state index in [1.807, 2.05) is 19.9 Å². The summed E-state index contributed by atoms with van der Waals surface area (Å²) in [7, 11) is 0. The van der Waals surface area contributed by atoms with Gasteiger partial charge in [0, 0.05) is 11.1 Å². The fraction of sp³-hybridized carbons (Fsp3) is 0.250. The van der Waals surface area contributed by atoms with E-state index in [4.69, 9.17) is 16.3 Å². The van der Waals surface area contributed by atoms with Gasteiger partial charge < -0.3 is 9.84 Å². The Bertz CT molecular complexity index is 606. The fourth-order valence-corrected chi connectivity index (χ4v) is 2.20. The Morgan fingerprint density at radius 1 is 1.20 bits per heavy atom. The first kappa shape index (κ1) is 14.8. The highest BCUT2D eigenvalue weighted by atomic mass is 35.5. The van der Waals surface area contributed by atoms with Crippen molar-refractivity contribution in [3.05, 3.63) is 63.4 Å². The second-order valence-electron chi connectivity index (χ2n) is 4.64. The molecule has 0 aliphatic rings. The molecule has 0 radical (unpaired) electrons. The third kappa shape index (κ3) is 2.94. The molecule has 0 aromatic heterocycles. The molecule has 0 unspecified atom stereocenters. The number of benzene rings is 2. The molecule has 2 nitrogen and oxygen atoms in total. The minimum atomic E-state index is -0.395.